The zero-order valence-corrected chi connectivity index (χ0v) is 15.1. The van der Waals surface area contributed by atoms with Crippen molar-refractivity contribution in [3.63, 3.8) is 0 Å². The molecule has 0 bridgehead atoms. The Morgan fingerprint density at radius 2 is 1.12 bits per heavy atom. The minimum absolute atomic E-state index is 0.300. The summed E-state index contributed by atoms with van der Waals surface area (Å²) in [4.78, 5) is 2.43. The summed E-state index contributed by atoms with van der Waals surface area (Å²) in [6.45, 7) is 2.11. The summed E-state index contributed by atoms with van der Waals surface area (Å²) in [5, 5.41) is 2.93. The maximum atomic E-state index is 2.43. The fraction of sp³-hybridized carbons (Fsp3) is 0.182. The third kappa shape index (κ3) is 4.77. The number of rotatable bonds is 7. The van der Waals surface area contributed by atoms with Crippen LogP contribution in [0.2, 0.25) is 0 Å². The standard InChI is InChI=1S/C22H24NP/c1-23(19-20-11-5-2-6-12-20)17-18-24(21-13-7-3-8-14-21)22-15-9-4-10-16-22/h2-16H,17-19H2,1H3. The molecule has 1 nitrogen and oxygen atoms in total. The van der Waals surface area contributed by atoms with Crippen molar-refractivity contribution in [2.24, 2.45) is 0 Å². The number of nitrogens with zero attached hydrogens (tertiary/aromatic N) is 1. The van der Waals surface area contributed by atoms with Crippen LogP contribution < -0.4 is 10.6 Å². The van der Waals surface area contributed by atoms with Crippen LogP contribution in [0.25, 0.3) is 0 Å². The minimum Gasteiger partial charge on any atom is -0.302 e. The second-order valence-corrected chi connectivity index (χ2v) is 8.38. The van der Waals surface area contributed by atoms with E-state index in [0.717, 1.165) is 13.1 Å². The average molecular weight is 333 g/mol. The Hall–Kier alpha value is -1.95. The minimum atomic E-state index is -0.300. The van der Waals surface area contributed by atoms with E-state index in [1.165, 1.54) is 22.3 Å². The van der Waals surface area contributed by atoms with Gasteiger partial charge in [-0.2, -0.15) is 0 Å². The second-order valence-electron chi connectivity index (χ2n) is 6.05. The molecule has 0 aliphatic carbocycles. The lowest BCUT2D eigenvalue weighted by molar-refractivity contribution is 0.348. The molecule has 0 unspecified atom stereocenters. The highest BCUT2D eigenvalue weighted by Gasteiger charge is 2.14. The molecule has 3 aromatic carbocycles. The zero-order chi connectivity index (χ0) is 16.6. The Morgan fingerprint density at radius 1 is 0.667 bits per heavy atom. The lowest BCUT2D eigenvalue weighted by Crippen LogP contribution is -2.25. The predicted molar refractivity (Wildman–Crippen MR) is 107 cm³/mol. The number of benzene rings is 3. The van der Waals surface area contributed by atoms with E-state index in [2.05, 4.69) is 103 Å². The number of hydrogen-bond acceptors (Lipinski definition) is 1. The second kappa shape index (κ2) is 8.78. The van der Waals surface area contributed by atoms with Gasteiger partial charge in [0.15, 0.2) is 0 Å². The summed E-state index contributed by atoms with van der Waals surface area (Å²) in [7, 11) is 1.92. The monoisotopic (exact) mass is 333 g/mol. The molecule has 24 heavy (non-hydrogen) atoms. The van der Waals surface area contributed by atoms with Crippen molar-refractivity contribution in [2.45, 2.75) is 6.54 Å². The molecule has 3 rings (SSSR count). The third-order valence-corrected chi connectivity index (χ3v) is 6.63. The van der Waals surface area contributed by atoms with Gasteiger partial charge in [0.25, 0.3) is 0 Å². The van der Waals surface area contributed by atoms with Gasteiger partial charge in [-0.15, -0.1) is 0 Å². The van der Waals surface area contributed by atoms with E-state index in [1.54, 1.807) is 0 Å². The van der Waals surface area contributed by atoms with Crippen molar-refractivity contribution >= 4 is 18.5 Å². The first-order chi connectivity index (χ1) is 11.8. The molecular weight excluding hydrogens is 309 g/mol. The van der Waals surface area contributed by atoms with E-state index < -0.39 is 0 Å². The van der Waals surface area contributed by atoms with Gasteiger partial charge in [-0.05, 0) is 37.3 Å². The van der Waals surface area contributed by atoms with Crippen LogP contribution in [0.5, 0.6) is 0 Å². The molecule has 0 spiro atoms. The molecular formula is C22H24NP. The van der Waals surface area contributed by atoms with Gasteiger partial charge in [0.2, 0.25) is 0 Å². The van der Waals surface area contributed by atoms with Crippen molar-refractivity contribution in [1.82, 2.24) is 4.90 Å². The zero-order valence-electron chi connectivity index (χ0n) is 14.2. The van der Waals surface area contributed by atoms with Gasteiger partial charge in [0.1, 0.15) is 0 Å². The van der Waals surface area contributed by atoms with Crippen molar-refractivity contribution in [3.05, 3.63) is 96.6 Å². The largest absolute Gasteiger partial charge is 0.302 e. The van der Waals surface area contributed by atoms with Crippen molar-refractivity contribution in [3.8, 4) is 0 Å². The highest BCUT2D eigenvalue weighted by molar-refractivity contribution is 7.73. The van der Waals surface area contributed by atoms with Gasteiger partial charge in [0, 0.05) is 13.1 Å². The van der Waals surface area contributed by atoms with Crippen molar-refractivity contribution in [2.75, 3.05) is 19.8 Å². The van der Waals surface area contributed by atoms with E-state index in [1.807, 2.05) is 0 Å². The quantitative estimate of drug-likeness (QED) is 0.584. The fourth-order valence-corrected chi connectivity index (χ4v) is 5.29. The van der Waals surface area contributed by atoms with Crippen LogP contribution in [-0.2, 0) is 6.54 Å². The molecule has 0 saturated heterocycles. The summed E-state index contributed by atoms with van der Waals surface area (Å²) in [5.74, 6) is 0. The molecule has 0 amide bonds. The topological polar surface area (TPSA) is 3.24 Å². The predicted octanol–water partition coefficient (Wildman–Crippen LogP) is 4.25. The Balaban J connectivity index is 1.68. The summed E-state index contributed by atoms with van der Waals surface area (Å²) in [5.41, 5.74) is 1.38. The van der Waals surface area contributed by atoms with Crippen LogP contribution in [0.3, 0.4) is 0 Å². The van der Waals surface area contributed by atoms with Gasteiger partial charge >= 0.3 is 0 Å². The molecule has 0 fully saturated rings. The summed E-state index contributed by atoms with van der Waals surface area (Å²) < 4.78 is 0. The average Bonchev–Trinajstić information content (AvgIpc) is 2.64. The molecule has 3 aromatic rings. The normalized spacial score (nSPS) is 11.1. The molecule has 0 radical (unpaired) electrons. The Labute approximate surface area is 146 Å². The lowest BCUT2D eigenvalue weighted by atomic mass is 10.2. The molecule has 0 N–H and O–H groups in total. The molecule has 0 aliphatic rings. The van der Waals surface area contributed by atoms with Crippen LogP contribution in [0.15, 0.2) is 91.0 Å². The lowest BCUT2D eigenvalue weighted by Gasteiger charge is -2.23. The SMILES string of the molecule is CN(CCP(c1ccccc1)c1ccccc1)Cc1ccccc1. The third-order valence-electron chi connectivity index (χ3n) is 4.14. The highest BCUT2D eigenvalue weighted by Crippen LogP contribution is 2.33. The highest BCUT2D eigenvalue weighted by atomic mass is 31.1. The smallest absolute Gasteiger partial charge is 0.0230 e. The molecule has 0 aliphatic heterocycles. The first-order valence-electron chi connectivity index (χ1n) is 8.43. The first kappa shape index (κ1) is 16.9. The van der Waals surface area contributed by atoms with Crippen molar-refractivity contribution in [1.29, 1.82) is 0 Å². The molecule has 2 heteroatoms. The first-order valence-corrected chi connectivity index (χ1v) is 9.96. The fourth-order valence-electron chi connectivity index (χ4n) is 2.87. The van der Waals surface area contributed by atoms with E-state index in [9.17, 15) is 0 Å². The Kier molecular flexibility index (Phi) is 6.18. The van der Waals surface area contributed by atoms with Gasteiger partial charge < -0.3 is 4.90 Å². The van der Waals surface area contributed by atoms with Gasteiger partial charge in [-0.3, -0.25) is 0 Å². The molecule has 0 saturated carbocycles. The summed E-state index contributed by atoms with van der Waals surface area (Å²) >= 11 is 0. The van der Waals surface area contributed by atoms with Gasteiger partial charge in [-0.25, -0.2) is 0 Å². The van der Waals surface area contributed by atoms with E-state index >= 15 is 0 Å². The van der Waals surface area contributed by atoms with Gasteiger partial charge in [0.05, 0.1) is 0 Å². The van der Waals surface area contributed by atoms with Crippen LogP contribution >= 0.6 is 7.92 Å². The van der Waals surface area contributed by atoms with E-state index in [4.69, 9.17) is 0 Å². The van der Waals surface area contributed by atoms with Crippen LogP contribution in [0, 0.1) is 0 Å². The van der Waals surface area contributed by atoms with E-state index in [0.29, 0.717) is 0 Å². The van der Waals surface area contributed by atoms with Crippen LogP contribution in [0.1, 0.15) is 5.56 Å². The van der Waals surface area contributed by atoms with E-state index in [-0.39, 0.29) is 7.92 Å². The summed E-state index contributed by atoms with van der Waals surface area (Å²) in [6.07, 6.45) is 1.19. The number of hydrogen-bond donors (Lipinski definition) is 0. The molecule has 122 valence electrons. The Morgan fingerprint density at radius 3 is 1.62 bits per heavy atom. The van der Waals surface area contributed by atoms with Crippen LogP contribution in [0.4, 0.5) is 0 Å². The van der Waals surface area contributed by atoms with Crippen molar-refractivity contribution < 1.29 is 0 Å². The molecule has 0 aromatic heterocycles. The maximum absolute atomic E-state index is 2.43. The maximum Gasteiger partial charge on any atom is 0.0230 e. The van der Waals surface area contributed by atoms with Gasteiger partial charge in [-0.1, -0.05) is 91.0 Å². The molecule has 0 heterocycles. The molecule has 0 atom stereocenters. The summed E-state index contributed by atoms with van der Waals surface area (Å²) in [6, 6.07) is 32.6. The Bertz CT molecular complexity index is 673. The van der Waals surface area contributed by atoms with Crippen LogP contribution in [-0.4, -0.2) is 24.7 Å².